The maximum Gasteiger partial charge on any atom is 0.00684 e. The monoisotopic (exact) mass is 280 g/mol. The van der Waals surface area contributed by atoms with Gasteiger partial charge < -0.3 is 10.2 Å². The summed E-state index contributed by atoms with van der Waals surface area (Å²) in [6, 6.07) is 1.55. The fourth-order valence-corrected chi connectivity index (χ4v) is 3.76. The van der Waals surface area contributed by atoms with Crippen molar-refractivity contribution in [1.29, 1.82) is 0 Å². The first-order chi connectivity index (χ1) is 9.65. The molecule has 0 amide bonds. The van der Waals surface area contributed by atoms with Gasteiger partial charge in [-0.15, -0.1) is 0 Å². The van der Waals surface area contributed by atoms with Crippen molar-refractivity contribution in [1.82, 2.24) is 10.2 Å². The smallest absolute Gasteiger partial charge is 0.00684 e. The van der Waals surface area contributed by atoms with Crippen molar-refractivity contribution in [2.24, 2.45) is 5.41 Å². The Kier molecular flexibility index (Phi) is 6.35. The fourth-order valence-electron chi connectivity index (χ4n) is 3.76. The summed E-state index contributed by atoms with van der Waals surface area (Å²) in [5, 5.41) is 3.85. The molecule has 2 aliphatic rings. The molecule has 1 N–H and O–H groups in total. The van der Waals surface area contributed by atoms with Crippen LogP contribution in [0.1, 0.15) is 78.6 Å². The Bertz CT molecular complexity index is 263. The molecule has 0 saturated heterocycles. The zero-order valence-corrected chi connectivity index (χ0v) is 14.1. The quantitative estimate of drug-likeness (QED) is 0.670. The van der Waals surface area contributed by atoms with Crippen molar-refractivity contribution in [2.75, 3.05) is 19.6 Å². The number of nitrogens with zero attached hydrogens (tertiary/aromatic N) is 1. The van der Waals surface area contributed by atoms with Crippen LogP contribution >= 0.6 is 0 Å². The molecule has 0 aromatic carbocycles. The first-order valence-electron chi connectivity index (χ1n) is 9.13. The molecule has 2 fully saturated rings. The van der Waals surface area contributed by atoms with E-state index in [1.54, 1.807) is 0 Å². The molecule has 0 atom stereocenters. The molecular weight excluding hydrogens is 244 g/mol. The second-order valence-corrected chi connectivity index (χ2v) is 7.63. The summed E-state index contributed by atoms with van der Waals surface area (Å²) in [4.78, 5) is 2.74. The van der Waals surface area contributed by atoms with E-state index < -0.39 is 0 Å². The zero-order valence-electron chi connectivity index (χ0n) is 14.1. The lowest BCUT2D eigenvalue weighted by molar-refractivity contribution is 0.103. The Morgan fingerprint density at radius 1 is 1.10 bits per heavy atom. The maximum absolute atomic E-state index is 3.85. The van der Waals surface area contributed by atoms with E-state index in [-0.39, 0.29) is 0 Å². The molecule has 2 rings (SSSR count). The second-order valence-electron chi connectivity index (χ2n) is 7.63. The van der Waals surface area contributed by atoms with Gasteiger partial charge in [0.05, 0.1) is 0 Å². The molecule has 2 aliphatic carbocycles. The summed E-state index contributed by atoms with van der Waals surface area (Å²) < 4.78 is 0. The highest BCUT2D eigenvalue weighted by molar-refractivity contribution is 4.91. The van der Waals surface area contributed by atoms with Crippen LogP contribution in [0.3, 0.4) is 0 Å². The molecule has 0 unspecified atom stereocenters. The van der Waals surface area contributed by atoms with E-state index in [9.17, 15) is 0 Å². The summed E-state index contributed by atoms with van der Waals surface area (Å²) in [6.45, 7) is 10.9. The molecule has 0 radical (unpaired) electrons. The Morgan fingerprint density at radius 3 is 2.25 bits per heavy atom. The predicted octanol–water partition coefficient (Wildman–Crippen LogP) is 4.20. The van der Waals surface area contributed by atoms with Crippen LogP contribution in [-0.2, 0) is 0 Å². The van der Waals surface area contributed by atoms with Crippen LogP contribution < -0.4 is 5.32 Å². The van der Waals surface area contributed by atoms with Gasteiger partial charge >= 0.3 is 0 Å². The van der Waals surface area contributed by atoms with Gasteiger partial charge in [-0.25, -0.2) is 0 Å². The van der Waals surface area contributed by atoms with E-state index in [4.69, 9.17) is 0 Å². The molecule has 0 aromatic heterocycles. The van der Waals surface area contributed by atoms with Gasteiger partial charge in [0.2, 0.25) is 0 Å². The van der Waals surface area contributed by atoms with Gasteiger partial charge in [-0.3, -0.25) is 0 Å². The molecule has 2 nitrogen and oxygen atoms in total. The highest BCUT2D eigenvalue weighted by Crippen LogP contribution is 2.36. The van der Waals surface area contributed by atoms with Crippen molar-refractivity contribution in [3.63, 3.8) is 0 Å². The van der Waals surface area contributed by atoms with Gasteiger partial charge in [0, 0.05) is 25.2 Å². The first kappa shape index (κ1) is 16.3. The highest BCUT2D eigenvalue weighted by Gasteiger charge is 2.35. The third kappa shape index (κ3) is 5.04. The molecule has 20 heavy (non-hydrogen) atoms. The summed E-state index contributed by atoms with van der Waals surface area (Å²) in [5.74, 6) is 0. The van der Waals surface area contributed by atoms with Crippen LogP contribution in [0.4, 0.5) is 0 Å². The van der Waals surface area contributed by atoms with Crippen LogP contribution in [0.15, 0.2) is 0 Å². The van der Waals surface area contributed by atoms with Crippen LogP contribution in [0.2, 0.25) is 0 Å². The maximum atomic E-state index is 3.85. The molecule has 0 aromatic rings. The lowest BCUT2D eigenvalue weighted by Crippen LogP contribution is -2.47. The zero-order chi connectivity index (χ0) is 14.4. The Labute approximate surface area is 126 Å². The standard InChI is InChI=1S/C18H36N2/c1-4-13-20(16(2)3)15-18(14-19-17-9-10-17)11-7-5-6-8-12-18/h16-17,19H,4-15H2,1-3H3. The first-order valence-corrected chi connectivity index (χ1v) is 9.13. The Balaban J connectivity index is 1.98. The number of hydrogen-bond donors (Lipinski definition) is 1. The molecule has 0 heterocycles. The van der Waals surface area contributed by atoms with Crippen LogP contribution in [0.5, 0.6) is 0 Å². The van der Waals surface area contributed by atoms with Crippen LogP contribution in [0.25, 0.3) is 0 Å². The van der Waals surface area contributed by atoms with E-state index in [2.05, 4.69) is 31.0 Å². The molecule has 118 valence electrons. The molecule has 0 spiro atoms. The summed E-state index contributed by atoms with van der Waals surface area (Å²) >= 11 is 0. The summed E-state index contributed by atoms with van der Waals surface area (Å²) in [5.41, 5.74) is 0.554. The largest absolute Gasteiger partial charge is 0.313 e. The normalized spacial score (nSPS) is 23.2. The van der Waals surface area contributed by atoms with E-state index in [0.29, 0.717) is 11.5 Å². The van der Waals surface area contributed by atoms with Crippen molar-refractivity contribution in [2.45, 2.75) is 90.6 Å². The minimum Gasteiger partial charge on any atom is -0.313 e. The van der Waals surface area contributed by atoms with Gasteiger partial charge in [0.15, 0.2) is 0 Å². The Morgan fingerprint density at radius 2 is 1.75 bits per heavy atom. The highest BCUT2D eigenvalue weighted by atomic mass is 15.2. The SMILES string of the molecule is CCCN(CC1(CNC2CC2)CCCCCC1)C(C)C. The topological polar surface area (TPSA) is 15.3 Å². The molecule has 2 heteroatoms. The van der Waals surface area contributed by atoms with E-state index >= 15 is 0 Å². The number of hydrogen-bond acceptors (Lipinski definition) is 2. The van der Waals surface area contributed by atoms with E-state index in [1.165, 1.54) is 77.4 Å². The average molecular weight is 280 g/mol. The van der Waals surface area contributed by atoms with Gasteiger partial charge in [0.25, 0.3) is 0 Å². The predicted molar refractivity (Wildman–Crippen MR) is 88.2 cm³/mol. The van der Waals surface area contributed by atoms with Crippen molar-refractivity contribution in [3.8, 4) is 0 Å². The van der Waals surface area contributed by atoms with Crippen molar-refractivity contribution >= 4 is 0 Å². The minimum atomic E-state index is 0.554. The van der Waals surface area contributed by atoms with Crippen LogP contribution in [0, 0.1) is 5.41 Å². The van der Waals surface area contributed by atoms with Gasteiger partial charge in [-0.2, -0.15) is 0 Å². The molecule has 0 bridgehead atoms. The number of rotatable bonds is 8. The van der Waals surface area contributed by atoms with Gasteiger partial charge in [-0.1, -0.05) is 32.6 Å². The molecule has 0 aliphatic heterocycles. The van der Waals surface area contributed by atoms with Crippen molar-refractivity contribution in [3.05, 3.63) is 0 Å². The van der Waals surface area contributed by atoms with Crippen LogP contribution in [-0.4, -0.2) is 36.6 Å². The van der Waals surface area contributed by atoms with E-state index in [1.807, 2.05) is 0 Å². The minimum absolute atomic E-state index is 0.554. The average Bonchev–Trinajstić information content (AvgIpc) is 3.24. The summed E-state index contributed by atoms with van der Waals surface area (Å²) in [6.07, 6.45) is 12.8. The van der Waals surface area contributed by atoms with Gasteiger partial charge in [-0.05, 0) is 57.9 Å². The van der Waals surface area contributed by atoms with Crippen molar-refractivity contribution < 1.29 is 0 Å². The second kappa shape index (κ2) is 7.79. The lowest BCUT2D eigenvalue weighted by atomic mass is 9.79. The summed E-state index contributed by atoms with van der Waals surface area (Å²) in [7, 11) is 0. The fraction of sp³-hybridized carbons (Fsp3) is 1.00. The number of nitrogens with one attached hydrogen (secondary N) is 1. The van der Waals surface area contributed by atoms with Gasteiger partial charge in [0.1, 0.15) is 0 Å². The third-order valence-corrected chi connectivity index (χ3v) is 5.29. The molecule has 2 saturated carbocycles. The van der Waals surface area contributed by atoms with E-state index in [0.717, 1.165) is 6.04 Å². The third-order valence-electron chi connectivity index (χ3n) is 5.29. The Hall–Kier alpha value is -0.0800. The molecular formula is C18H36N2. The lowest BCUT2D eigenvalue weighted by Gasteiger charge is -2.40.